The van der Waals surface area contributed by atoms with Gasteiger partial charge in [-0.05, 0) is 25.0 Å². The van der Waals surface area contributed by atoms with Crippen LogP contribution >= 0.6 is 0 Å². The van der Waals surface area contributed by atoms with Crippen LogP contribution in [0.15, 0.2) is 24.5 Å². The smallest absolute Gasteiger partial charge is 0.243 e. The van der Waals surface area contributed by atoms with Gasteiger partial charge in [-0.15, -0.1) is 0 Å². The predicted octanol–water partition coefficient (Wildman–Crippen LogP) is 1.43. The summed E-state index contributed by atoms with van der Waals surface area (Å²) in [6.07, 6.45) is 8.61. The molecule has 0 radical (unpaired) electrons. The Morgan fingerprint density at radius 1 is 1.06 bits per heavy atom. The molecule has 0 bridgehead atoms. The summed E-state index contributed by atoms with van der Waals surface area (Å²) >= 11 is 0. The molecule has 0 aliphatic carbocycles. The van der Waals surface area contributed by atoms with Crippen molar-refractivity contribution >= 4 is 5.91 Å². The van der Waals surface area contributed by atoms with E-state index in [1.165, 1.54) is 12.8 Å². The van der Waals surface area contributed by atoms with Crippen molar-refractivity contribution in [2.24, 2.45) is 0 Å². The molecule has 88 valence electrons. The molecule has 1 fully saturated rings. The van der Waals surface area contributed by atoms with Crippen LogP contribution in [0.3, 0.4) is 0 Å². The summed E-state index contributed by atoms with van der Waals surface area (Å²) in [5.74, 6) is 0.204. The van der Waals surface area contributed by atoms with E-state index >= 15 is 0 Å². The largest absolute Gasteiger partial charge is 0.341 e. The summed E-state index contributed by atoms with van der Waals surface area (Å²) in [7, 11) is 0. The van der Waals surface area contributed by atoms with Crippen molar-refractivity contribution in [3.63, 3.8) is 0 Å². The Morgan fingerprint density at radius 3 is 2.31 bits per heavy atom. The van der Waals surface area contributed by atoms with E-state index in [0.717, 1.165) is 25.9 Å². The summed E-state index contributed by atoms with van der Waals surface area (Å²) in [5, 5.41) is 0. The lowest BCUT2D eigenvalue weighted by atomic mass is 10.2. The standard InChI is InChI=1S/C12H19N3O/c16-12(11-13-15-9-5-6-10-15)14-7-3-1-2-4-8-14/h5-6,9-10,13H,1-4,7-8,11H2. The van der Waals surface area contributed by atoms with Gasteiger partial charge in [0.15, 0.2) is 0 Å². The van der Waals surface area contributed by atoms with Crippen LogP contribution in [0.4, 0.5) is 0 Å². The first-order valence-electron chi connectivity index (χ1n) is 6.01. The van der Waals surface area contributed by atoms with E-state index in [1.54, 1.807) is 0 Å². The number of hydrogen-bond donors (Lipinski definition) is 1. The van der Waals surface area contributed by atoms with Crippen LogP contribution in [0, 0.1) is 0 Å². The number of likely N-dealkylation sites (tertiary alicyclic amines) is 1. The van der Waals surface area contributed by atoms with Crippen LogP contribution in [0.1, 0.15) is 25.7 Å². The fourth-order valence-corrected chi connectivity index (χ4v) is 2.03. The number of nitrogens with one attached hydrogen (secondary N) is 1. The van der Waals surface area contributed by atoms with E-state index in [0.29, 0.717) is 6.54 Å². The maximum atomic E-state index is 11.9. The molecule has 0 spiro atoms. The van der Waals surface area contributed by atoms with Crippen molar-refractivity contribution in [3.05, 3.63) is 24.5 Å². The number of hydrogen-bond acceptors (Lipinski definition) is 2. The van der Waals surface area contributed by atoms with E-state index in [4.69, 9.17) is 0 Å². The van der Waals surface area contributed by atoms with E-state index < -0.39 is 0 Å². The predicted molar refractivity (Wildman–Crippen MR) is 63.7 cm³/mol. The molecular formula is C12H19N3O. The molecule has 0 unspecified atom stereocenters. The lowest BCUT2D eigenvalue weighted by molar-refractivity contribution is -0.129. The number of carbonyl (C=O) groups is 1. The van der Waals surface area contributed by atoms with Gasteiger partial charge in [0.2, 0.25) is 5.91 Å². The first kappa shape index (κ1) is 11.0. The van der Waals surface area contributed by atoms with E-state index in [2.05, 4.69) is 5.43 Å². The second kappa shape index (κ2) is 5.58. The average Bonchev–Trinajstić information content (AvgIpc) is 2.66. The highest BCUT2D eigenvalue weighted by molar-refractivity contribution is 5.79. The number of carbonyl (C=O) groups excluding carboxylic acids is 1. The van der Waals surface area contributed by atoms with Crippen LogP contribution in [0.5, 0.6) is 0 Å². The molecule has 1 saturated heterocycles. The minimum atomic E-state index is 0.204. The van der Waals surface area contributed by atoms with Gasteiger partial charge in [0.25, 0.3) is 0 Å². The normalized spacial score (nSPS) is 16.9. The molecule has 1 aliphatic rings. The number of nitrogens with zero attached hydrogens (tertiary/aromatic N) is 2. The van der Waals surface area contributed by atoms with E-state index in [9.17, 15) is 4.79 Å². The van der Waals surface area contributed by atoms with Gasteiger partial charge < -0.3 is 10.3 Å². The lowest BCUT2D eigenvalue weighted by Gasteiger charge is -2.20. The van der Waals surface area contributed by atoms with Crippen LogP contribution in [-0.4, -0.2) is 35.1 Å². The first-order chi connectivity index (χ1) is 7.86. The lowest BCUT2D eigenvalue weighted by Crippen LogP contribution is -2.37. The Kier molecular flexibility index (Phi) is 3.86. The van der Waals surface area contributed by atoms with Gasteiger partial charge in [-0.1, -0.05) is 12.8 Å². The zero-order valence-corrected chi connectivity index (χ0v) is 9.56. The molecular weight excluding hydrogens is 202 g/mol. The maximum Gasteiger partial charge on any atom is 0.243 e. The molecule has 0 aromatic carbocycles. The monoisotopic (exact) mass is 221 g/mol. The molecule has 0 saturated carbocycles. The zero-order valence-electron chi connectivity index (χ0n) is 9.56. The highest BCUT2D eigenvalue weighted by atomic mass is 16.2. The van der Waals surface area contributed by atoms with Gasteiger partial charge in [0.05, 0.1) is 0 Å². The zero-order chi connectivity index (χ0) is 11.2. The maximum absolute atomic E-state index is 11.9. The fraction of sp³-hybridized carbons (Fsp3) is 0.583. The molecule has 1 aliphatic heterocycles. The molecule has 2 heterocycles. The van der Waals surface area contributed by atoms with Crippen LogP contribution in [0.2, 0.25) is 0 Å². The van der Waals surface area contributed by atoms with Crippen molar-refractivity contribution in [3.8, 4) is 0 Å². The molecule has 1 N–H and O–H groups in total. The van der Waals surface area contributed by atoms with E-state index in [1.807, 2.05) is 34.1 Å². The molecule has 4 nitrogen and oxygen atoms in total. The number of amides is 1. The number of rotatable bonds is 3. The first-order valence-corrected chi connectivity index (χ1v) is 6.01. The van der Waals surface area contributed by atoms with Crippen LogP contribution in [-0.2, 0) is 4.79 Å². The highest BCUT2D eigenvalue weighted by Gasteiger charge is 2.14. The minimum absolute atomic E-state index is 0.204. The van der Waals surface area contributed by atoms with Crippen molar-refractivity contribution in [2.75, 3.05) is 25.1 Å². The summed E-state index contributed by atoms with van der Waals surface area (Å²) in [6.45, 7) is 2.23. The van der Waals surface area contributed by atoms with Crippen molar-refractivity contribution in [2.45, 2.75) is 25.7 Å². The summed E-state index contributed by atoms with van der Waals surface area (Å²) < 4.78 is 1.82. The van der Waals surface area contributed by atoms with Crippen molar-refractivity contribution in [1.29, 1.82) is 0 Å². The molecule has 2 rings (SSSR count). The quantitative estimate of drug-likeness (QED) is 0.838. The highest BCUT2D eigenvalue weighted by Crippen LogP contribution is 2.09. The molecule has 1 amide bonds. The third kappa shape index (κ3) is 3.02. The second-order valence-electron chi connectivity index (χ2n) is 4.22. The molecule has 0 atom stereocenters. The molecule has 1 aromatic rings. The third-order valence-electron chi connectivity index (χ3n) is 2.98. The summed E-state index contributed by atoms with van der Waals surface area (Å²) in [6, 6.07) is 3.87. The topological polar surface area (TPSA) is 37.3 Å². The van der Waals surface area contributed by atoms with Gasteiger partial charge in [-0.2, -0.15) is 0 Å². The number of aromatic nitrogens is 1. The van der Waals surface area contributed by atoms with Crippen LogP contribution < -0.4 is 5.43 Å². The average molecular weight is 221 g/mol. The van der Waals surface area contributed by atoms with Gasteiger partial charge in [-0.3, -0.25) is 9.47 Å². The van der Waals surface area contributed by atoms with Crippen molar-refractivity contribution in [1.82, 2.24) is 9.58 Å². The Bertz CT molecular complexity index is 313. The Labute approximate surface area is 96.2 Å². The van der Waals surface area contributed by atoms with Gasteiger partial charge in [0.1, 0.15) is 6.54 Å². The van der Waals surface area contributed by atoms with E-state index in [-0.39, 0.29) is 5.91 Å². The third-order valence-corrected chi connectivity index (χ3v) is 2.98. The second-order valence-corrected chi connectivity index (χ2v) is 4.22. The fourth-order valence-electron chi connectivity index (χ4n) is 2.03. The summed E-state index contributed by atoms with van der Waals surface area (Å²) in [4.78, 5) is 13.9. The van der Waals surface area contributed by atoms with Gasteiger partial charge >= 0.3 is 0 Å². The molecule has 4 heteroatoms. The Balaban J connectivity index is 1.78. The molecule has 1 aromatic heterocycles. The Hall–Kier alpha value is -1.45. The van der Waals surface area contributed by atoms with Gasteiger partial charge in [0, 0.05) is 25.5 Å². The SMILES string of the molecule is O=C(CNn1cccc1)N1CCCCCC1. The van der Waals surface area contributed by atoms with Crippen molar-refractivity contribution < 1.29 is 4.79 Å². The molecule has 16 heavy (non-hydrogen) atoms. The van der Waals surface area contributed by atoms with Gasteiger partial charge in [-0.25, -0.2) is 0 Å². The summed E-state index contributed by atoms with van der Waals surface area (Å²) in [5.41, 5.74) is 3.07. The van der Waals surface area contributed by atoms with Crippen LogP contribution in [0.25, 0.3) is 0 Å². The minimum Gasteiger partial charge on any atom is -0.341 e. The Morgan fingerprint density at radius 2 is 1.69 bits per heavy atom.